The van der Waals surface area contributed by atoms with Gasteiger partial charge in [0.15, 0.2) is 11.5 Å². The number of carbonyl (C=O) groups excluding carboxylic acids is 1. The second kappa shape index (κ2) is 10.7. The number of nitrogens with zero attached hydrogens (tertiary/aromatic N) is 1. The maximum Gasteiger partial charge on any atom is 0.234 e. The molecule has 0 fully saturated rings. The predicted octanol–water partition coefficient (Wildman–Crippen LogP) is 3.03. The summed E-state index contributed by atoms with van der Waals surface area (Å²) in [6, 6.07) is 15.3. The Morgan fingerprint density at radius 1 is 1.15 bits per heavy atom. The molecule has 2 aromatic rings. The normalized spacial score (nSPS) is 9.96. The third-order valence-corrected chi connectivity index (χ3v) is 3.82. The molecule has 0 saturated heterocycles. The van der Waals surface area contributed by atoms with Gasteiger partial charge in [0.05, 0.1) is 13.2 Å². The van der Waals surface area contributed by atoms with E-state index in [2.05, 4.69) is 5.32 Å². The fourth-order valence-corrected chi connectivity index (χ4v) is 2.56. The van der Waals surface area contributed by atoms with Crippen LogP contribution in [0.4, 0.5) is 0 Å². The topological polar surface area (TPSA) is 80.6 Å². The van der Waals surface area contributed by atoms with Crippen LogP contribution in [-0.2, 0) is 11.2 Å². The highest BCUT2D eigenvalue weighted by molar-refractivity contribution is 5.77. The van der Waals surface area contributed by atoms with Crippen LogP contribution in [0.15, 0.2) is 42.5 Å². The van der Waals surface area contributed by atoms with Gasteiger partial charge in [0.1, 0.15) is 25.4 Å². The zero-order valence-electron chi connectivity index (χ0n) is 15.7. The van der Waals surface area contributed by atoms with Gasteiger partial charge in [-0.05, 0) is 42.7 Å². The van der Waals surface area contributed by atoms with Gasteiger partial charge in [-0.2, -0.15) is 5.26 Å². The summed E-state index contributed by atoms with van der Waals surface area (Å²) in [5.41, 5.74) is 2.06. The molecule has 2 rings (SSSR count). The zero-order chi connectivity index (χ0) is 19.5. The number of amides is 1. The number of hydrogen-bond acceptors (Lipinski definition) is 5. The largest absolute Gasteiger partial charge is 0.493 e. The molecule has 2 aromatic carbocycles. The first-order valence-corrected chi connectivity index (χ1v) is 8.76. The van der Waals surface area contributed by atoms with Crippen molar-refractivity contribution in [3.63, 3.8) is 0 Å². The molecule has 0 spiro atoms. The van der Waals surface area contributed by atoms with E-state index in [1.165, 1.54) is 0 Å². The highest BCUT2D eigenvalue weighted by atomic mass is 16.5. The van der Waals surface area contributed by atoms with E-state index in [0.717, 1.165) is 16.9 Å². The van der Waals surface area contributed by atoms with Crippen molar-refractivity contribution in [2.75, 3.05) is 26.9 Å². The SMILES string of the molecule is COc1cccc(CCNC(=O)CC#N)c1OCCOc1cccc(C)c1. The molecule has 1 N–H and O–H groups in total. The number of para-hydroxylation sites is 1. The summed E-state index contributed by atoms with van der Waals surface area (Å²) in [5.74, 6) is 1.79. The van der Waals surface area contributed by atoms with Gasteiger partial charge in [-0.3, -0.25) is 4.79 Å². The zero-order valence-corrected chi connectivity index (χ0v) is 15.7. The maximum absolute atomic E-state index is 11.4. The summed E-state index contributed by atoms with van der Waals surface area (Å²) < 4.78 is 17.0. The van der Waals surface area contributed by atoms with E-state index >= 15 is 0 Å². The van der Waals surface area contributed by atoms with Crippen LogP contribution in [0, 0.1) is 18.3 Å². The Kier molecular flexibility index (Phi) is 7.98. The molecule has 0 aliphatic carbocycles. The molecule has 0 aliphatic rings. The maximum atomic E-state index is 11.4. The number of nitrogens with one attached hydrogen (secondary N) is 1. The van der Waals surface area contributed by atoms with Crippen molar-refractivity contribution in [2.24, 2.45) is 0 Å². The quantitative estimate of drug-likeness (QED) is 0.652. The highest BCUT2D eigenvalue weighted by Crippen LogP contribution is 2.31. The monoisotopic (exact) mass is 368 g/mol. The van der Waals surface area contributed by atoms with Crippen LogP contribution in [0.25, 0.3) is 0 Å². The van der Waals surface area contributed by atoms with Gasteiger partial charge >= 0.3 is 0 Å². The van der Waals surface area contributed by atoms with E-state index in [4.69, 9.17) is 19.5 Å². The fourth-order valence-electron chi connectivity index (χ4n) is 2.56. The molecule has 27 heavy (non-hydrogen) atoms. The third kappa shape index (κ3) is 6.55. The van der Waals surface area contributed by atoms with Crippen molar-refractivity contribution in [3.05, 3.63) is 53.6 Å². The number of rotatable bonds is 10. The van der Waals surface area contributed by atoms with Gasteiger partial charge in [-0.1, -0.05) is 24.3 Å². The minimum Gasteiger partial charge on any atom is -0.493 e. The molecule has 0 radical (unpaired) electrons. The number of hydrogen-bond donors (Lipinski definition) is 1. The summed E-state index contributed by atoms with van der Waals surface area (Å²) in [6.45, 7) is 3.20. The Balaban J connectivity index is 1.91. The molecule has 1 amide bonds. The summed E-state index contributed by atoms with van der Waals surface area (Å²) >= 11 is 0. The van der Waals surface area contributed by atoms with E-state index < -0.39 is 0 Å². The number of methoxy groups -OCH3 is 1. The number of ether oxygens (including phenoxy) is 3. The standard InChI is InChI=1S/C21H24N2O4/c1-16-5-3-7-18(15-16)26-13-14-27-21-17(6-4-8-19(21)25-2)10-12-23-20(24)9-11-22/h3-8,15H,9-10,12-14H2,1-2H3,(H,23,24). The summed E-state index contributed by atoms with van der Waals surface area (Å²) in [5, 5.41) is 11.2. The van der Waals surface area contributed by atoms with Crippen LogP contribution in [0.1, 0.15) is 17.5 Å². The number of carbonyl (C=O) groups is 1. The fraction of sp³-hybridized carbons (Fsp3) is 0.333. The van der Waals surface area contributed by atoms with E-state index in [1.807, 2.05) is 55.5 Å². The number of aryl methyl sites for hydroxylation is 1. The molecule has 0 saturated carbocycles. The van der Waals surface area contributed by atoms with Gasteiger partial charge < -0.3 is 19.5 Å². The van der Waals surface area contributed by atoms with Crippen LogP contribution in [0.3, 0.4) is 0 Å². The van der Waals surface area contributed by atoms with E-state index in [-0.39, 0.29) is 12.3 Å². The first-order valence-electron chi connectivity index (χ1n) is 8.76. The lowest BCUT2D eigenvalue weighted by Gasteiger charge is -2.15. The third-order valence-electron chi connectivity index (χ3n) is 3.82. The molecule has 0 heterocycles. The minimum atomic E-state index is -0.283. The average Bonchev–Trinajstić information content (AvgIpc) is 2.66. The molecule has 0 atom stereocenters. The van der Waals surface area contributed by atoms with Crippen LogP contribution in [0.5, 0.6) is 17.2 Å². The van der Waals surface area contributed by atoms with Crippen molar-refractivity contribution in [2.45, 2.75) is 19.8 Å². The van der Waals surface area contributed by atoms with Crippen molar-refractivity contribution < 1.29 is 19.0 Å². The number of nitriles is 1. The van der Waals surface area contributed by atoms with Crippen LogP contribution >= 0.6 is 0 Å². The molecular formula is C21H24N2O4. The Morgan fingerprint density at radius 3 is 2.67 bits per heavy atom. The second-order valence-corrected chi connectivity index (χ2v) is 5.90. The Morgan fingerprint density at radius 2 is 1.93 bits per heavy atom. The minimum absolute atomic E-state index is 0.141. The Bertz CT molecular complexity index is 799. The first kappa shape index (κ1) is 20.1. The molecule has 142 valence electrons. The van der Waals surface area contributed by atoms with Gasteiger partial charge in [-0.15, -0.1) is 0 Å². The lowest BCUT2D eigenvalue weighted by Crippen LogP contribution is -2.25. The van der Waals surface area contributed by atoms with Crippen molar-refractivity contribution in [1.82, 2.24) is 5.32 Å². The molecule has 6 nitrogen and oxygen atoms in total. The van der Waals surface area contributed by atoms with Crippen molar-refractivity contribution >= 4 is 5.91 Å². The molecule has 0 aromatic heterocycles. The first-order chi connectivity index (χ1) is 13.1. The van der Waals surface area contributed by atoms with Gasteiger partial charge in [0.2, 0.25) is 5.91 Å². The van der Waals surface area contributed by atoms with E-state index in [0.29, 0.717) is 37.7 Å². The van der Waals surface area contributed by atoms with Crippen molar-refractivity contribution in [3.8, 4) is 23.3 Å². The molecule has 0 unspecified atom stereocenters. The lowest BCUT2D eigenvalue weighted by molar-refractivity contribution is -0.120. The van der Waals surface area contributed by atoms with E-state index in [9.17, 15) is 4.79 Å². The Hall–Kier alpha value is -3.20. The summed E-state index contributed by atoms with van der Waals surface area (Å²) in [6.07, 6.45) is 0.431. The lowest BCUT2D eigenvalue weighted by atomic mass is 10.1. The summed E-state index contributed by atoms with van der Waals surface area (Å²) in [7, 11) is 1.59. The molecule has 6 heteroatoms. The Labute approximate surface area is 159 Å². The van der Waals surface area contributed by atoms with Gasteiger partial charge in [0.25, 0.3) is 0 Å². The molecular weight excluding hydrogens is 344 g/mol. The van der Waals surface area contributed by atoms with Crippen molar-refractivity contribution in [1.29, 1.82) is 5.26 Å². The smallest absolute Gasteiger partial charge is 0.234 e. The van der Waals surface area contributed by atoms with Crippen LogP contribution in [-0.4, -0.2) is 32.8 Å². The van der Waals surface area contributed by atoms with Gasteiger partial charge in [-0.25, -0.2) is 0 Å². The van der Waals surface area contributed by atoms with Crippen LogP contribution < -0.4 is 19.5 Å². The summed E-state index contributed by atoms with van der Waals surface area (Å²) in [4.78, 5) is 11.4. The predicted molar refractivity (Wildman–Crippen MR) is 102 cm³/mol. The molecule has 0 aliphatic heterocycles. The molecule has 0 bridgehead atoms. The second-order valence-electron chi connectivity index (χ2n) is 5.90. The highest BCUT2D eigenvalue weighted by Gasteiger charge is 2.11. The number of benzene rings is 2. The average molecular weight is 368 g/mol. The van der Waals surface area contributed by atoms with E-state index in [1.54, 1.807) is 7.11 Å². The van der Waals surface area contributed by atoms with Crippen LogP contribution in [0.2, 0.25) is 0 Å². The van der Waals surface area contributed by atoms with Gasteiger partial charge in [0, 0.05) is 6.54 Å².